The minimum absolute atomic E-state index is 0.176. The van der Waals surface area contributed by atoms with E-state index in [1.165, 1.54) is 11.1 Å². The summed E-state index contributed by atoms with van der Waals surface area (Å²) >= 11 is 1.90. The first-order valence-corrected chi connectivity index (χ1v) is 10.2. The topological polar surface area (TPSA) is 38.7 Å². The summed E-state index contributed by atoms with van der Waals surface area (Å²) in [6, 6.07) is 8.24. The summed E-state index contributed by atoms with van der Waals surface area (Å²) in [5, 5.41) is 10.3. The van der Waals surface area contributed by atoms with Crippen LogP contribution in [-0.4, -0.2) is 23.6 Å². The van der Waals surface area contributed by atoms with Gasteiger partial charge in [-0.25, -0.2) is 0 Å². The van der Waals surface area contributed by atoms with Gasteiger partial charge in [0.1, 0.15) is 22.8 Å². The number of phenolic OH excluding ortho intramolecular Hbond substituents is 1. The molecule has 26 heavy (non-hydrogen) atoms. The molecule has 0 aromatic heterocycles. The molecular weight excluding hydrogens is 344 g/mol. The highest BCUT2D eigenvalue weighted by atomic mass is 32.2. The molecule has 0 saturated carbocycles. The standard InChI is InChI=1S/C22H28O3S/c1-14-15(2)21-19(16(3)20(14)23)10-11-22(4,25-21)13-26-12-17-6-8-18(24-5)9-7-17/h6-9,23H,10-13H2,1-5H3. The van der Waals surface area contributed by atoms with Crippen LogP contribution in [0.2, 0.25) is 0 Å². The van der Waals surface area contributed by atoms with Gasteiger partial charge in [0, 0.05) is 17.1 Å². The SMILES string of the molecule is COc1ccc(CSCC2(C)CCc3c(C)c(O)c(C)c(C)c3O2)cc1. The van der Waals surface area contributed by atoms with E-state index in [0.717, 1.165) is 52.5 Å². The number of hydrogen-bond donors (Lipinski definition) is 1. The lowest BCUT2D eigenvalue weighted by Gasteiger charge is -2.37. The van der Waals surface area contributed by atoms with Crippen LogP contribution in [0.5, 0.6) is 17.2 Å². The number of hydrogen-bond acceptors (Lipinski definition) is 4. The normalized spacial score (nSPS) is 19.0. The molecule has 1 atom stereocenters. The molecule has 0 radical (unpaired) electrons. The Morgan fingerprint density at radius 3 is 2.46 bits per heavy atom. The molecule has 0 fully saturated rings. The summed E-state index contributed by atoms with van der Waals surface area (Å²) in [4.78, 5) is 0. The van der Waals surface area contributed by atoms with Crippen LogP contribution in [-0.2, 0) is 12.2 Å². The molecule has 4 heteroatoms. The summed E-state index contributed by atoms with van der Waals surface area (Å²) in [6.45, 7) is 8.20. The lowest BCUT2D eigenvalue weighted by Crippen LogP contribution is -2.39. The molecule has 0 saturated heterocycles. The van der Waals surface area contributed by atoms with Crippen LogP contribution < -0.4 is 9.47 Å². The van der Waals surface area contributed by atoms with E-state index in [1.54, 1.807) is 7.11 Å². The average molecular weight is 373 g/mol. The molecule has 0 bridgehead atoms. The lowest BCUT2D eigenvalue weighted by atomic mass is 9.88. The van der Waals surface area contributed by atoms with Crippen molar-refractivity contribution in [2.75, 3.05) is 12.9 Å². The van der Waals surface area contributed by atoms with Crippen molar-refractivity contribution < 1.29 is 14.6 Å². The van der Waals surface area contributed by atoms with Gasteiger partial charge in [-0.15, -0.1) is 0 Å². The highest BCUT2D eigenvalue weighted by molar-refractivity contribution is 7.98. The zero-order chi connectivity index (χ0) is 18.9. The number of rotatable bonds is 5. The molecule has 1 aliphatic heterocycles. The smallest absolute Gasteiger partial charge is 0.127 e. The van der Waals surface area contributed by atoms with E-state index in [1.807, 2.05) is 44.7 Å². The third-order valence-electron chi connectivity index (χ3n) is 5.43. The zero-order valence-corrected chi connectivity index (χ0v) is 17.1. The van der Waals surface area contributed by atoms with Crippen molar-refractivity contribution in [1.82, 2.24) is 0 Å². The third-order valence-corrected chi connectivity index (χ3v) is 6.78. The van der Waals surface area contributed by atoms with Gasteiger partial charge in [0.05, 0.1) is 7.11 Å². The molecule has 1 unspecified atom stereocenters. The third kappa shape index (κ3) is 3.66. The van der Waals surface area contributed by atoms with E-state index in [0.29, 0.717) is 5.75 Å². The molecule has 2 aromatic rings. The van der Waals surface area contributed by atoms with E-state index in [-0.39, 0.29) is 5.60 Å². The zero-order valence-electron chi connectivity index (χ0n) is 16.3. The second kappa shape index (κ2) is 7.43. The Labute approximate surface area is 160 Å². The minimum Gasteiger partial charge on any atom is -0.507 e. The van der Waals surface area contributed by atoms with E-state index < -0.39 is 0 Å². The Balaban J connectivity index is 1.68. The van der Waals surface area contributed by atoms with Gasteiger partial charge in [-0.3, -0.25) is 0 Å². The molecule has 3 nitrogen and oxygen atoms in total. The van der Waals surface area contributed by atoms with Gasteiger partial charge in [0.2, 0.25) is 0 Å². The first kappa shape index (κ1) is 19.0. The number of phenols is 1. The molecule has 1 aliphatic rings. The number of methoxy groups -OCH3 is 1. The van der Waals surface area contributed by atoms with Gasteiger partial charge in [-0.2, -0.15) is 11.8 Å². The summed E-state index contributed by atoms with van der Waals surface area (Å²) in [7, 11) is 1.69. The molecule has 3 rings (SSSR count). The molecular formula is C22H28O3S. The van der Waals surface area contributed by atoms with E-state index in [2.05, 4.69) is 19.1 Å². The molecule has 1 N–H and O–H groups in total. The number of thioether (sulfide) groups is 1. The Kier molecular flexibility index (Phi) is 5.42. The quantitative estimate of drug-likeness (QED) is 0.768. The van der Waals surface area contributed by atoms with Crippen molar-refractivity contribution >= 4 is 11.8 Å². The molecule has 1 heterocycles. The molecule has 0 aliphatic carbocycles. The number of ether oxygens (including phenoxy) is 2. The Morgan fingerprint density at radius 2 is 1.81 bits per heavy atom. The number of aromatic hydroxyl groups is 1. The fourth-order valence-electron chi connectivity index (χ4n) is 3.50. The van der Waals surface area contributed by atoms with Crippen molar-refractivity contribution in [3.8, 4) is 17.2 Å². The Hall–Kier alpha value is -1.81. The van der Waals surface area contributed by atoms with Crippen LogP contribution in [0.4, 0.5) is 0 Å². The number of fused-ring (bicyclic) bond motifs is 1. The molecule has 140 valence electrons. The van der Waals surface area contributed by atoms with Crippen molar-refractivity contribution in [1.29, 1.82) is 0 Å². The summed E-state index contributed by atoms with van der Waals surface area (Å²) < 4.78 is 11.7. The summed E-state index contributed by atoms with van der Waals surface area (Å²) in [5.74, 6) is 4.19. The second-order valence-electron chi connectivity index (χ2n) is 7.42. The first-order valence-electron chi connectivity index (χ1n) is 9.06. The van der Waals surface area contributed by atoms with Gasteiger partial charge >= 0.3 is 0 Å². The van der Waals surface area contributed by atoms with Crippen molar-refractivity contribution in [3.63, 3.8) is 0 Å². The predicted molar refractivity (Wildman–Crippen MR) is 109 cm³/mol. The molecule has 2 aromatic carbocycles. The Bertz CT molecular complexity index is 798. The van der Waals surface area contributed by atoms with Crippen LogP contribution >= 0.6 is 11.8 Å². The van der Waals surface area contributed by atoms with Crippen LogP contribution in [0.3, 0.4) is 0 Å². The van der Waals surface area contributed by atoms with Crippen LogP contribution in [0, 0.1) is 20.8 Å². The maximum atomic E-state index is 10.3. The highest BCUT2D eigenvalue weighted by Gasteiger charge is 2.34. The predicted octanol–water partition coefficient (Wildman–Crippen LogP) is 5.34. The fraction of sp³-hybridized carbons (Fsp3) is 0.455. The number of benzene rings is 2. The van der Waals surface area contributed by atoms with Crippen LogP contribution in [0.15, 0.2) is 24.3 Å². The maximum Gasteiger partial charge on any atom is 0.127 e. The highest BCUT2D eigenvalue weighted by Crippen LogP contribution is 2.44. The lowest BCUT2D eigenvalue weighted by molar-refractivity contribution is 0.0880. The van der Waals surface area contributed by atoms with E-state index in [9.17, 15) is 5.11 Å². The second-order valence-corrected chi connectivity index (χ2v) is 8.41. The van der Waals surface area contributed by atoms with Crippen molar-refractivity contribution in [3.05, 3.63) is 52.1 Å². The van der Waals surface area contributed by atoms with Gasteiger partial charge in [0.15, 0.2) is 0 Å². The summed E-state index contributed by atoms with van der Waals surface area (Å²) in [6.07, 6.45) is 1.92. The van der Waals surface area contributed by atoms with Gasteiger partial charge in [-0.1, -0.05) is 12.1 Å². The Morgan fingerprint density at radius 1 is 1.12 bits per heavy atom. The van der Waals surface area contributed by atoms with Crippen LogP contribution in [0.25, 0.3) is 0 Å². The van der Waals surface area contributed by atoms with Crippen molar-refractivity contribution in [2.45, 2.75) is 51.9 Å². The van der Waals surface area contributed by atoms with Gasteiger partial charge in [0.25, 0.3) is 0 Å². The van der Waals surface area contributed by atoms with E-state index in [4.69, 9.17) is 9.47 Å². The van der Waals surface area contributed by atoms with Gasteiger partial charge < -0.3 is 14.6 Å². The average Bonchev–Trinajstić information content (AvgIpc) is 2.65. The monoisotopic (exact) mass is 372 g/mol. The minimum atomic E-state index is -0.176. The maximum absolute atomic E-state index is 10.3. The van der Waals surface area contributed by atoms with Crippen molar-refractivity contribution in [2.24, 2.45) is 0 Å². The summed E-state index contributed by atoms with van der Waals surface area (Å²) in [5.41, 5.74) is 5.25. The molecule has 0 amide bonds. The van der Waals surface area contributed by atoms with Gasteiger partial charge in [-0.05, 0) is 74.9 Å². The first-order chi connectivity index (χ1) is 12.3. The largest absolute Gasteiger partial charge is 0.507 e. The molecule has 0 spiro atoms. The van der Waals surface area contributed by atoms with Crippen LogP contribution in [0.1, 0.15) is 41.2 Å². The fourth-order valence-corrected chi connectivity index (χ4v) is 4.67. The van der Waals surface area contributed by atoms with E-state index >= 15 is 0 Å².